The summed E-state index contributed by atoms with van der Waals surface area (Å²) in [6.07, 6.45) is 0.183. The van der Waals surface area contributed by atoms with Crippen molar-refractivity contribution >= 4 is 37.6 Å². The molecule has 2 aromatic carbocycles. The summed E-state index contributed by atoms with van der Waals surface area (Å²) in [6, 6.07) is 13.2. The molecule has 0 saturated heterocycles. The Bertz CT molecular complexity index is 941. The monoisotopic (exact) mass is 466 g/mol. The summed E-state index contributed by atoms with van der Waals surface area (Å²) in [6.45, 7) is 3.69. The van der Waals surface area contributed by atoms with Gasteiger partial charge in [-0.2, -0.15) is 0 Å². The lowest BCUT2D eigenvalue weighted by atomic mass is 10.1. The first kappa shape index (κ1) is 22.3. The molecule has 2 N–H and O–H groups in total. The number of sulfonamides is 1. The Morgan fingerprint density at radius 2 is 1.71 bits per heavy atom. The Balaban J connectivity index is 1.88. The van der Waals surface area contributed by atoms with Gasteiger partial charge in [0.05, 0.1) is 4.90 Å². The predicted octanol–water partition coefficient (Wildman–Crippen LogP) is 3.42. The van der Waals surface area contributed by atoms with Crippen molar-refractivity contribution in [1.29, 1.82) is 0 Å². The van der Waals surface area contributed by atoms with Crippen LogP contribution in [-0.4, -0.2) is 26.2 Å². The van der Waals surface area contributed by atoms with Gasteiger partial charge in [-0.3, -0.25) is 9.59 Å². The van der Waals surface area contributed by atoms with Crippen molar-refractivity contribution in [2.75, 3.05) is 0 Å². The van der Waals surface area contributed by atoms with Gasteiger partial charge in [0.25, 0.3) is 0 Å². The van der Waals surface area contributed by atoms with Crippen LogP contribution in [0.25, 0.3) is 0 Å². The standard InChI is InChI=1S/C20H23BrN2O4S/c1-14(2)23-28(26,27)18-5-3-4-15(12-18)13-22-20(25)11-10-19(24)16-6-8-17(21)9-7-16/h3-9,12,14,23H,10-11,13H2,1-2H3,(H,22,25). The fourth-order valence-corrected chi connectivity index (χ4v) is 4.08. The number of amides is 1. The molecule has 8 heteroatoms. The minimum atomic E-state index is -3.59. The third-order valence-corrected chi connectivity index (χ3v) is 6.02. The zero-order chi connectivity index (χ0) is 20.7. The lowest BCUT2D eigenvalue weighted by Crippen LogP contribution is -2.30. The van der Waals surface area contributed by atoms with E-state index in [0.717, 1.165) is 4.47 Å². The van der Waals surface area contributed by atoms with Crippen LogP contribution in [-0.2, 0) is 21.4 Å². The number of hydrogen-bond donors (Lipinski definition) is 2. The van der Waals surface area contributed by atoms with E-state index in [4.69, 9.17) is 0 Å². The number of hydrogen-bond acceptors (Lipinski definition) is 4. The third-order valence-electron chi connectivity index (χ3n) is 3.83. The molecule has 28 heavy (non-hydrogen) atoms. The van der Waals surface area contributed by atoms with Crippen LogP contribution in [0.1, 0.15) is 42.6 Å². The summed E-state index contributed by atoms with van der Waals surface area (Å²) in [4.78, 5) is 24.3. The van der Waals surface area contributed by atoms with Crippen molar-refractivity contribution in [2.24, 2.45) is 0 Å². The molecular weight excluding hydrogens is 444 g/mol. The molecule has 0 aliphatic heterocycles. The second kappa shape index (κ2) is 9.95. The molecule has 2 aromatic rings. The van der Waals surface area contributed by atoms with Crippen molar-refractivity contribution in [1.82, 2.24) is 10.0 Å². The number of carbonyl (C=O) groups is 2. The lowest BCUT2D eigenvalue weighted by Gasteiger charge is -2.11. The number of rotatable bonds is 9. The van der Waals surface area contributed by atoms with Gasteiger partial charge in [-0.1, -0.05) is 40.2 Å². The number of halogens is 1. The smallest absolute Gasteiger partial charge is 0.240 e. The van der Waals surface area contributed by atoms with Crippen molar-refractivity contribution < 1.29 is 18.0 Å². The zero-order valence-corrected chi connectivity index (χ0v) is 18.1. The SMILES string of the molecule is CC(C)NS(=O)(=O)c1cccc(CNC(=O)CCC(=O)c2ccc(Br)cc2)c1. The van der Waals surface area contributed by atoms with Crippen LogP contribution in [0.15, 0.2) is 57.9 Å². The van der Waals surface area contributed by atoms with Gasteiger partial charge >= 0.3 is 0 Å². The minimum Gasteiger partial charge on any atom is -0.352 e. The highest BCUT2D eigenvalue weighted by Crippen LogP contribution is 2.14. The molecule has 0 unspecified atom stereocenters. The number of carbonyl (C=O) groups excluding carboxylic acids is 2. The molecule has 0 bridgehead atoms. The van der Waals surface area contributed by atoms with Crippen LogP contribution in [0.2, 0.25) is 0 Å². The Morgan fingerprint density at radius 3 is 2.36 bits per heavy atom. The van der Waals surface area contributed by atoms with Gasteiger partial charge in [-0.15, -0.1) is 0 Å². The van der Waals surface area contributed by atoms with E-state index in [1.54, 1.807) is 50.2 Å². The van der Waals surface area contributed by atoms with E-state index < -0.39 is 10.0 Å². The Hall–Kier alpha value is -2.03. The van der Waals surface area contributed by atoms with Gasteiger partial charge in [0.2, 0.25) is 15.9 Å². The molecule has 0 fully saturated rings. The van der Waals surface area contributed by atoms with E-state index in [-0.39, 0.29) is 42.0 Å². The van der Waals surface area contributed by atoms with E-state index in [1.165, 1.54) is 12.1 Å². The quantitative estimate of drug-likeness (QED) is 0.553. The molecule has 150 valence electrons. The molecule has 0 radical (unpaired) electrons. The molecule has 1 amide bonds. The number of Topliss-reactive ketones (excluding diaryl/α,β-unsaturated/α-hetero) is 1. The van der Waals surface area contributed by atoms with Gasteiger partial charge in [0, 0.05) is 35.5 Å². The highest BCUT2D eigenvalue weighted by molar-refractivity contribution is 9.10. The van der Waals surface area contributed by atoms with Gasteiger partial charge in [0.1, 0.15) is 0 Å². The first-order chi connectivity index (χ1) is 13.2. The summed E-state index contributed by atoms with van der Waals surface area (Å²) in [7, 11) is -3.59. The van der Waals surface area contributed by atoms with Crippen LogP contribution in [0, 0.1) is 0 Å². The zero-order valence-electron chi connectivity index (χ0n) is 15.7. The molecule has 0 aromatic heterocycles. The predicted molar refractivity (Wildman–Crippen MR) is 111 cm³/mol. The largest absolute Gasteiger partial charge is 0.352 e. The van der Waals surface area contributed by atoms with Crippen LogP contribution < -0.4 is 10.0 Å². The first-order valence-corrected chi connectivity index (χ1v) is 11.1. The summed E-state index contributed by atoms with van der Waals surface area (Å²) in [5.41, 5.74) is 1.23. The number of ketones is 1. The molecule has 0 aliphatic rings. The van der Waals surface area contributed by atoms with E-state index >= 15 is 0 Å². The summed E-state index contributed by atoms with van der Waals surface area (Å²) in [5, 5.41) is 2.72. The Morgan fingerprint density at radius 1 is 1.04 bits per heavy atom. The maximum absolute atomic E-state index is 12.2. The van der Waals surface area contributed by atoms with Crippen LogP contribution >= 0.6 is 15.9 Å². The fourth-order valence-electron chi connectivity index (χ4n) is 2.50. The van der Waals surface area contributed by atoms with Crippen LogP contribution in [0.3, 0.4) is 0 Å². The van der Waals surface area contributed by atoms with E-state index in [9.17, 15) is 18.0 Å². The lowest BCUT2D eigenvalue weighted by molar-refractivity contribution is -0.121. The molecule has 0 atom stereocenters. The topological polar surface area (TPSA) is 92.3 Å². The summed E-state index contributed by atoms with van der Waals surface area (Å²) in [5.74, 6) is -0.366. The average Bonchev–Trinajstić information content (AvgIpc) is 2.64. The van der Waals surface area contributed by atoms with Gasteiger partial charge in [-0.25, -0.2) is 13.1 Å². The molecule has 0 aliphatic carbocycles. The van der Waals surface area contributed by atoms with Crippen LogP contribution in [0.4, 0.5) is 0 Å². The summed E-state index contributed by atoms with van der Waals surface area (Å²) < 4.78 is 27.9. The number of benzene rings is 2. The molecule has 2 rings (SSSR count). The fraction of sp³-hybridized carbons (Fsp3) is 0.300. The number of nitrogens with one attached hydrogen (secondary N) is 2. The highest BCUT2D eigenvalue weighted by atomic mass is 79.9. The summed E-state index contributed by atoms with van der Waals surface area (Å²) >= 11 is 3.31. The minimum absolute atomic E-state index is 0.0712. The van der Waals surface area contributed by atoms with Crippen molar-refractivity contribution in [2.45, 2.75) is 44.2 Å². The second-order valence-corrected chi connectivity index (χ2v) is 9.26. The molecule has 0 saturated carbocycles. The Kier molecular flexibility index (Phi) is 7.91. The van der Waals surface area contributed by atoms with Crippen LogP contribution in [0.5, 0.6) is 0 Å². The molecular formula is C20H23BrN2O4S. The van der Waals surface area contributed by atoms with Crippen molar-refractivity contribution in [3.8, 4) is 0 Å². The average molecular weight is 467 g/mol. The van der Waals surface area contributed by atoms with E-state index in [2.05, 4.69) is 26.0 Å². The molecule has 0 heterocycles. The van der Waals surface area contributed by atoms with Gasteiger partial charge < -0.3 is 5.32 Å². The van der Waals surface area contributed by atoms with Gasteiger partial charge in [0.15, 0.2) is 5.78 Å². The normalized spacial score (nSPS) is 11.4. The third kappa shape index (κ3) is 6.85. The van der Waals surface area contributed by atoms with E-state index in [1.807, 2.05) is 0 Å². The Labute approximate surface area is 173 Å². The van der Waals surface area contributed by atoms with Gasteiger partial charge in [-0.05, 0) is 43.7 Å². The first-order valence-electron chi connectivity index (χ1n) is 8.84. The maximum Gasteiger partial charge on any atom is 0.240 e. The van der Waals surface area contributed by atoms with E-state index in [0.29, 0.717) is 11.1 Å². The highest BCUT2D eigenvalue weighted by Gasteiger charge is 2.16. The molecule has 0 spiro atoms. The second-order valence-electron chi connectivity index (χ2n) is 6.63. The molecule has 6 nitrogen and oxygen atoms in total. The van der Waals surface area contributed by atoms with Crippen molar-refractivity contribution in [3.05, 3.63) is 64.1 Å². The van der Waals surface area contributed by atoms with Crippen molar-refractivity contribution in [3.63, 3.8) is 0 Å². The maximum atomic E-state index is 12.2.